The topological polar surface area (TPSA) is 72.9 Å². The zero-order valence-corrected chi connectivity index (χ0v) is 13.7. The molecule has 0 radical (unpaired) electrons. The molecule has 1 amide bonds. The number of para-hydroxylation sites is 1. The van der Waals surface area contributed by atoms with Gasteiger partial charge < -0.3 is 11.1 Å². The monoisotopic (exact) mass is 356 g/mol. The van der Waals surface area contributed by atoms with Crippen LogP contribution in [0.4, 0.5) is 8.78 Å². The van der Waals surface area contributed by atoms with Crippen LogP contribution in [0.1, 0.15) is 34.8 Å². The van der Waals surface area contributed by atoms with Crippen molar-refractivity contribution in [3.63, 3.8) is 0 Å². The Labute approximate surface area is 144 Å². The Morgan fingerprint density at radius 1 is 1.33 bits per heavy atom. The summed E-state index contributed by atoms with van der Waals surface area (Å²) in [5.41, 5.74) is 6.96. The van der Waals surface area contributed by atoms with E-state index >= 15 is 0 Å². The Morgan fingerprint density at radius 3 is 2.58 bits per heavy atom. The summed E-state index contributed by atoms with van der Waals surface area (Å²) < 4.78 is 28.1. The summed E-state index contributed by atoms with van der Waals surface area (Å²) in [6, 6.07) is 9.45. The minimum Gasteiger partial charge on any atom is -0.346 e. The van der Waals surface area contributed by atoms with Gasteiger partial charge in [0.15, 0.2) is 0 Å². The molecule has 5 nitrogen and oxygen atoms in total. The van der Waals surface area contributed by atoms with Gasteiger partial charge in [0.05, 0.1) is 36.2 Å². The molecule has 1 saturated carbocycles. The zero-order valence-electron chi connectivity index (χ0n) is 12.9. The number of hydrogen-bond donors (Lipinski definition) is 2. The Balaban J connectivity index is 0.00000208. The van der Waals surface area contributed by atoms with Crippen molar-refractivity contribution in [2.24, 2.45) is 5.73 Å². The molecule has 3 N–H and O–H groups in total. The highest BCUT2D eigenvalue weighted by Gasteiger charge is 2.34. The first kappa shape index (κ1) is 18.4. The lowest BCUT2D eigenvalue weighted by molar-refractivity contribution is 0.0118. The number of carbonyl (C=O) groups is 1. The number of nitrogens with two attached hydrogens (primary N) is 1. The van der Waals surface area contributed by atoms with E-state index in [1.54, 1.807) is 4.68 Å². The van der Waals surface area contributed by atoms with E-state index in [4.69, 9.17) is 5.73 Å². The second kappa shape index (κ2) is 7.27. The van der Waals surface area contributed by atoms with Crippen molar-refractivity contribution >= 4 is 18.3 Å². The molecule has 3 rings (SSSR count). The minimum atomic E-state index is -3.11. The first-order chi connectivity index (χ1) is 11.0. The Kier molecular flexibility index (Phi) is 5.56. The lowest BCUT2D eigenvalue weighted by Crippen LogP contribution is -2.41. The van der Waals surface area contributed by atoms with Crippen LogP contribution in [-0.2, 0) is 0 Å². The molecule has 1 aliphatic carbocycles. The van der Waals surface area contributed by atoms with Crippen molar-refractivity contribution in [3.05, 3.63) is 47.8 Å². The van der Waals surface area contributed by atoms with Gasteiger partial charge in [-0.25, -0.2) is 13.5 Å². The molecular weight excluding hydrogens is 338 g/mol. The molecule has 1 aromatic heterocycles. The normalized spacial score (nSPS) is 14.1. The lowest BCUT2D eigenvalue weighted by Gasteiger charge is -2.15. The maximum atomic E-state index is 13.2. The molecule has 24 heavy (non-hydrogen) atoms. The third-order valence-corrected chi connectivity index (χ3v) is 3.82. The van der Waals surface area contributed by atoms with E-state index in [-0.39, 0.29) is 18.3 Å². The number of aromatic nitrogens is 2. The van der Waals surface area contributed by atoms with Crippen molar-refractivity contribution in [2.45, 2.75) is 24.7 Å². The molecule has 0 unspecified atom stereocenters. The number of nitrogens with one attached hydrogen (secondary N) is 1. The van der Waals surface area contributed by atoms with E-state index < -0.39 is 24.9 Å². The van der Waals surface area contributed by atoms with Gasteiger partial charge in [0.1, 0.15) is 0 Å². The van der Waals surface area contributed by atoms with Crippen molar-refractivity contribution in [1.29, 1.82) is 0 Å². The summed E-state index contributed by atoms with van der Waals surface area (Å²) in [7, 11) is 0. The molecule has 0 saturated heterocycles. The number of nitrogens with zero attached hydrogens (tertiary/aromatic N) is 2. The molecule has 0 aliphatic heterocycles. The Hall–Kier alpha value is -1.99. The maximum absolute atomic E-state index is 13.2. The van der Waals surface area contributed by atoms with Crippen LogP contribution < -0.4 is 11.1 Å². The molecule has 0 atom stereocenters. The van der Waals surface area contributed by atoms with Crippen LogP contribution >= 0.6 is 12.4 Å². The summed E-state index contributed by atoms with van der Waals surface area (Å²) in [4.78, 5) is 12.3. The van der Waals surface area contributed by atoms with Gasteiger partial charge in [-0.2, -0.15) is 5.10 Å². The molecule has 0 spiro atoms. The predicted molar refractivity (Wildman–Crippen MR) is 89.1 cm³/mol. The van der Waals surface area contributed by atoms with Crippen LogP contribution in [-0.4, -0.2) is 34.7 Å². The standard InChI is InChI=1S/C16H18F2N4O.ClH/c17-16(18,9-19)10-20-15(23)13-8-21-22(14(13)11-6-7-11)12-4-2-1-3-5-12;/h1-5,8,11H,6-7,9-10,19H2,(H,20,23);1H. The molecule has 130 valence electrons. The van der Waals surface area contributed by atoms with Crippen molar-refractivity contribution < 1.29 is 13.6 Å². The van der Waals surface area contributed by atoms with Crippen molar-refractivity contribution in [1.82, 2.24) is 15.1 Å². The number of alkyl halides is 2. The van der Waals surface area contributed by atoms with E-state index in [2.05, 4.69) is 10.4 Å². The van der Waals surface area contributed by atoms with Crippen LogP contribution in [0, 0.1) is 0 Å². The first-order valence-corrected chi connectivity index (χ1v) is 7.51. The number of carbonyl (C=O) groups excluding carboxylic acids is 1. The highest BCUT2D eigenvalue weighted by molar-refractivity contribution is 5.95. The fraction of sp³-hybridized carbons (Fsp3) is 0.375. The summed E-state index contributed by atoms with van der Waals surface area (Å²) in [6.45, 7) is -1.57. The average Bonchev–Trinajstić information content (AvgIpc) is 3.31. The van der Waals surface area contributed by atoms with Crippen LogP contribution in [0.3, 0.4) is 0 Å². The van der Waals surface area contributed by atoms with Gasteiger partial charge in [0.25, 0.3) is 11.8 Å². The van der Waals surface area contributed by atoms with Crippen molar-refractivity contribution in [2.75, 3.05) is 13.1 Å². The molecule has 8 heteroatoms. The van der Waals surface area contributed by atoms with Gasteiger partial charge in [-0.05, 0) is 25.0 Å². The van der Waals surface area contributed by atoms with E-state index in [1.807, 2.05) is 30.3 Å². The molecule has 2 aromatic rings. The molecule has 0 bridgehead atoms. The average molecular weight is 357 g/mol. The van der Waals surface area contributed by atoms with Crippen LogP contribution in [0.25, 0.3) is 5.69 Å². The second-order valence-corrected chi connectivity index (χ2v) is 5.71. The summed E-state index contributed by atoms with van der Waals surface area (Å²) in [6.07, 6.45) is 3.38. The number of amides is 1. The van der Waals surface area contributed by atoms with Gasteiger partial charge in [-0.15, -0.1) is 12.4 Å². The van der Waals surface area contributed by atoms with E-state index in [0.29, 0.717) is 5.56 Å². The SMILES string of the molecule is Cl.NCC(F)(F)CNC(=O)c1cnn(-c2ccccc2)c1C1CC1. The largest absolute Gasteiger partial charge is 0.346 e. The van der Waals surface area contributed by atoms with Crippen LogP contribution in [0.5, 0.6) is 0 Å². The van der Waals surface area contributed by atoms with E-state index in [0.717, 1.165) is 24.2 Å². The fourth-order valence-electron chi connectivity index (χ4n) is 2.43. The van der Waals surface area contributed by atoms with E-state index in [1.165, 1.54) is 6.20 Å². The fourth-order valence-corrected chi connectivity index (χ4v) is 2.43. The van der Waals surface area contributed by atoms with Gasteiger partial charge in [0, 0.05) is 5.92 Å². The van der Waals surface area contributed by atoms with Gasteiger partial charge in [0.2, 0.25) is 0 Å². The molecular formula is C16H19ClF2N4O. The highest BCUT2D eigenvalue weighted by atomic mass is 35.5. The van der Waals surface area contributed by atoms with Gasteiger partial charge in [-0.1, -0.05) is 18.2 Å². The molecule has 1 heterocycles. The van der Waals surface area contributed by atoms with Gasteiger partial charge in [-0.3, -0.25) is 4.79 Å². The Morgan fingerprint density at radius 2 is 2.00 bits per heavy atom. The van der Waals surface area contributed by atoms with Gasteiger partial charge >= 0.3 is 0 Å². The second-order valence-electron chi connectivity index (χ2n) is 5.71. The maximum Gasteiger partial charge on any atom is 0.277 e. The number of hydrogen-bond acceptors (Lipinski definition) is 3. The van der Waals surface area contributed by atoms with Crippen LogP contribution in [0.2, 0.25) is 0 Å². The Bertz CT molecular complexity index is 701. The summed E-state index contributed by atoms with van der Waals surface area (Å²) in [5, 5.41) is 6.53. The molecule has 1 fully saturated rings. The number of benzene rings is 1. The van der Waals surface area contributed by atoms with Crippen molar-refractivity contribution in [3.8, 4) is 5.69 Å². The number of halogens is 3. The third kappa shape index (κ3) is 3.91. The first-order valence-electron chi connectivity index (χ1n) is 7.51. The predicted octanol–water partition coefficient (Wildman–Crippen LogP) is 2.50. The molecule has 1 aromatic carbocycles. The lowest BCUT2D eigenvalue weighted by atomic mass is 10.1. The summed E-state index contributed by atoms with van der Waals surface area (Å²) >= 11 is 0. The van der Waals surface area contributed by atoms with Crippen LogP contribution in [0.15, 0.2) is 36.5 Å². The minimum absolute atomic E-state index is 0. The zero-order chi connectivity index (χ0) is 16.4. The molecule has 1 aliphatic rings. The quantitative estimate of drug-likeness (QED) is 0.835. The highest BCUT2D eigenvalue weighted by Crippen LogP contribution is 2.42. The summed E-state index contributed by atoms with van der Waals surface area (Å²) in [5.74, 6) is -3.40. The van der Waals surface area contributed by atoms with E-state index in [9.17, 15) is 13.6 Å². The smallest absolute Gasteiger partial charge is 0.277 e. The number of rotatable bonds is 6. The third-order valence-electron chi connectivity index (χ3n) is 3.82.